The first-order chi connectivity index (χ1) is 9.97. The zero-order valence-electron chi connectivity index (χ0n) is 10.5. The van der Waals surface area contributed by atoms with Gasteiger partial charge < -0.3 is 9.84 Å². The maximum atomic E-state index is 13.8. The fraction of sp³-hybridized carbons (Fsp3) is 0. The molecule has 3 nitrogen and oxygen atoms in total. The summed E-state index contributed by atoms with van der Waals surface area (Å²) in [4.78, 5) is 10.5. The Morgan fingerprint density at radius 2 is 1.95 bits per heavy atom. The van der Waals surface area contributed by atoms with Gasteiger partial charge in [-0.2, -0.15) is 0 Å². The van der Waals surface area contributed by atoms with Gasteiger partial charge in [-0.05, 0) is 24.3 Å². The van der Waals surface area contributed by atoms with Gasteiger partial charge in [0, 0.05) is 17.7 Å². The monoisotopic (exact) mass is 310 g/mol. The maximum absolute atomic E-state index is 13.8. The second kappa shape index (κ2) is 6.37. The molecule has 0 spiro atoms. The van der Waals surface area contributed by atoms with Gasteiger partial charge in [0.2, 0.25) is 0 Å². The number of ether oxygens (including phenoxy) is 1. The molecule has 0 aliphatic rings. The summed E-state index contributed by atoms with van der Waals surface area (Å²) in [5.41, 5.74) is 0.234. The normalized spacial score (nSPS) is 10.8. The summed E-state index contributed by atoms with van der Waals surface area (Å²) in [6, 6.07) is 7.65. The third kappa shape index (κ3) is 3.79. The van der Waals surface area contributed by atoms with Gasteiger partial charge in [0.15, 0.2) is 11.6 Å². The molecule has 0 aromatic heterocycles. The van der Waals surface area contributed by atoms with E-state index in [-0.39, 0.29) is 22.1 Å². The Hall–Kier alpha value is -2.40. The SMILES string of the molecule is O=C(O)/C=C/c1cccc(F)c1Oc1ccc(F)c(Cl)c1. The molecular weight excluding hydrogens is 302 g/mol. The molecular formula is C15H9ClF2O3. The summed E-state index contributed by atoms with van der Waals surface area (Å²) in [6.07, 6.45) is 2.06. The van der Waals surface area contributed by atoms with Crippen LogP contribution < -0.4 is 4.74 Å². The number of benzene rings is 2. The zero-order valence-corrected chi connectivity index (χ0v) is 11.3. The van der Waals surface area contributed by atoms with Crippen LogP contribution in [-0.2, 0) is 4.79 Å². The van der Waals surface area contributed by atoms with Crippen LogP contribution in [0.15, 0.2) is 42.5 Å². The van der Waals surface area contributed by atoms with Crippen molar-refractivity contribution in [2.75, 3.05) is 0 Å². The average Bonchev–Trinajstić information content (AvgIpc) is 2.43. The number of hydrogen-bond acceptors (Lipinski definition) is 2. The highest BCUT2D eigenvalue weighted by atomic mass is 35.5. The van der Waals surface area contributed by atoms with Crippen molar-refractivity contribution >= 4 is 23.6 Å². The number of carboxylic acids is 1. The molecule has 0 atom stereocenters. The van der Waals surface area contributed by atoms with Crippen molar-refractivity contribution in [3.63, 3.8) is 0 Å². The molecule has 2 rings (SSSR count). The van der Waals surface area contributed by atoms with Crippen LogP contribution in [0.4, 0.5) is 8.78 Å². The number of aliphatic carboxylic acids is 1. The lowest BCUT2D eigenvalue weighted by Gasteiger charge is -2.10. The molecule has 2 aromatic carbocycles. The molecule has 0 fully saturated rings. The predicted octanol–water partition coefficient (Wildman–Crippen LogP) is 4.51. The third-order valence-corrected chi connectivity index (χ3v) is 2.80. The lowest BCUT2D eigenvalue weighted by atomic mass is 10.1. The van der Waals surface area contributed by atoms with Crippen LogP contribution in [0.25, 0.3) is 6.08 Å². The van der Waals surface area contributed by atoms with Crippen molar-refractivity contribution < 1.29 is 23.4 Å². The van der Waals surface area contributed by atoms with Crippen LogP contribution in [-0.4, -0.2) is 11.1 Å². The van der Waals surface area contributed by atoms with E-state index in [0.29, 0.717) is 0 Å². The highest BCUT2D eigenvalue weighted by Gasteiger charge is 2.11. The minimum atomic E-state index is -1.17. The Balaban J connectivity index is 2.38. The summed E-state index contributed by atoms with van der Waals surface area (Å²) in [5.74, 6) is -2.50. The average molecular weight is 311 g/mol. The fourth-order valence-corrected chi connectivity index (χ4v) is 1.75. The van der Waals surface area contributed by atoms with Crippen LogP contribution in [0.2, 0.25) is 5.02 Å². The topological polar surface area (TPSA) is 46.5 Å². The van der Waals surface area contributed by atoms with E-state index in [0.717, 1.165) is 12.1 Å². The fourth-order valence-electron chi connectivity index (χ4n) is 1.58. The van der Waals surface area contributed by atoms with Crippen molar-refractivity contribution in [3.05, 3.63) is 64.7 Å². The number of para-hydroxylation sites is 1. The van der Waals surface area contributed by atoms with Crippen LogP contribution in [0.5, 0.6) is 11.5 Å². The Bertz CT molecular complexity index is 714. The minimum absolute atomic E-state index is 0.136. The van der Waals surface area contributed by atoms with Gasteiger partial charge in [-0.3, -0.25) is 0 Å². The molecule has 0 saturated carbocycles. The van der Waals surface area contributed by atoms with E-state index in [1.807, 2.05) is 0 Å². The Labute approximate surface area is 124 Å². The summed E-state index contributed by atoms with van der Waals surface area (Å²) in [5, 5.41) is 8.45. The number of rotatable bonds is 4. The van der Waals surface area contributed by atoms with Gasteiger partial charge in [0.1, 0.15) is 11.6 Å². The molecule has 1 N–H and O–H groups in total. The van der Waals surface area contributed by atoms with Gasteiger partial charge in [-0.15, -0.1) is 0 Å². The van der Waals surface area contributed by atoms with Crippen molar-refractivity contribution in [3.8, 4) is 11.5 Å². The second-order valence-electron chi connectivity index (χ2n) is 4.01. The summed E-state index contributed by atoms with van der Waals surface area (Å²) in [7, 11) is 0. The molecule has 108 valence electrons. The third-order valence-electron chi connectivity index (χ3n) is 2.51. The molecule has 2 aromatic rings. The largest absolute Gasteiger partial charge is 0.478 e. The number of hydrogen-bond donors (Lipinski definition) is 1. The zero-order chi connectivity index (χ0) is 15.4. The summed E-state index contributed by atoms with van der Waals surface area (Å²) in [6.45, 7) is 0. The van der Waals surface area contributed by atoms with Gasteiger partial charge in [0.25, 0.3) is 0 Å². The first kappa shape index (κ1) is 15.0. The molecule has 0 aliphatic carbocycles. The quantitative estimate of drug-likeness (QED) is 0.845. The summed E-state index contributed by atoms with van der Waals surface area (Å²) >= 11 is 5.62. The van der Waals surface area contributed by atoms with Crippen LogP contribution in [0, 0.1) is 11.6 Å². The molecule has 0 unspecified atom stereocenters. The summed E-state index contributed by atoms with van der Waals surface area (Å²) < 4.78 is 32.2. The van der Waals surface area contributed by atoms with Crippen LogP contribution in [0.1, 0.15) is 5.56 Å². The van der Waals surface area contributed by atoms with E-state index < -0.39 is 17.6 Å². The predicted molar refractivity (Wildman–Crippen MR) is 74.6 cm³/mol. The van der Waals surface area contributed by atoms with Crippen molar-refractivity contribution in [2.24, 2.45) is 0 Å². The van der Waals surface area contributed by atoms with E-state index in [2.05, 4.69) is 0 Å². The van der Waals surface area contributed by atoms with Crippen molar-refractivity contribution in [1.82, 2.24) is 0 Å². The van der Waals surface area contributed by atoms with E-state index in [4.69, 9.17) is 21.4 Å². The van der Waals surface area contributed by atoms with E-state index in [1.54, 1.807) is 0 Å². The number of carboxylic acid groups (broad SMARTS) is 1. The lowest BCUT2D eigenvalue weighted by Crippen LogP contribution is -1.93. The van der Waals surface area contributed by atoms with E-state index in [9.17, 15) is 13.6 Å². The maximum Gasteiger partial charge on any atom is 0.328 e. The first-order valence-electron chi connectivity index (χ1n) is 5.80. The second-order valence-corrected chi connectivity index (χ2v) is 4.41. The Morgan fingerprint density at radius 3 is 2.62 bits per heavy atom. The Kier molecular flexibility index (Phi) is 4.55. The molecule has 0 bridgehead atoms. The van der Waals surface area contributed by atoms with Crippen molar-refractivity contribution in [1.29, 1.82) is 0 Å². The van der Waals surface area contributed by atoms with Gasteiger partial charge >= 0.3 is 5.97 Å². The van der Waals surface area contributed by atoms with Gasteiger partial charge in [-0.1, -0.05) is 23.7 Å². The molecule has 6 heteroatoms. The number of carbonyl (C=O) groups is 1. The standard InChI is InChI=1S/C15H9ClF2O3/c16-11-8-10(5-6-12(11)17)21-15-9(4-7-14(19)20)2-1-3-13(15)18/h1-8H,(H,19,20)/b7-4+. The lowest BCUT2D eigenvalue weighted by molar-refractivity contribution is -0.131. The molecule has 0 amide bonds. The smallest absolute Gasteiger partial charge is 0.328 e. The molecule has 21 heavy (non-hydrogen) atoms. The first-order valence-corrected chi connectivity index (χ1v) is 6.17. The minimum Gasteiger partial charge on any atom is -0.478 e. The molecule has 0 heterocycles. The molecule has 0 saturated heterocycles. The molecule has 0 radical (unpaired) electrons. The van der Waals surface area contributed by atoms with Crippen LogP contribution >= 0.6 is 11.6 Å². The number of halogens is 3. The van der Waals surface area contributed by atoms with Gasteiger partial charge in [0.05, 0.1) is 5.02 Å². The highest BCUT2D eigenvalue weighted by Crippen LogP contribution is 2.31. The molecule has 0 aliphatic heterocycles. The Morgan fingerprint density at radius 1 is 1.19 bits per heavy atom. The van der Waals surface area contributed by atoms with Gasteiger partial charge in [-0.25, -0.2) is 13.6 Å². The van der Waals surface area contributed by atoms with Crippen LogP contribution in [0.3, 0.4) is 0 Å². The van der Waals surface area contributed by atoms with Crippen molar-refractivity contribution in [2.45, 2.75) is 0 Å². The van der Waals surface area contributed by atoms with E-state index in [1.165, 1.54) is 36.4 Å². The highest BCUT2D eigenvalue weighted by molar-refractivity contribution is 6.30. The van der Waals surface area contributed by atoms with E-state index >= 15 is 0 Å².